The fourth-order valence-electron chi connectivity index (χ4n) is 9.60. The second kappa shape index (κ2) is 9.52. The van der Waals surface area contributed by atoms with Gasteiger partial charge in [-0.05, 0) is 93.7 Å². The van der Waals surface area contributed by atoms with Crippen LogP contribution in [0, 0.1) is 28.6 Å². The summed E-state index contributed by atoms with van der Waals surface area (Å²) in [5, 5.41) is 0.165. The lowest BCUT2D eigenvalue weighted by molar-refractivity contribution is -0.284. The van der Waals surface area contributed by atoms with Crippen molar-refractivity contribution in [3.05, 3.63) is 0 Å². The van der Waals surface area contributed by atoms with Gasteiger partial charge in [0.05, 0.1) is 12.2 Å². The first-order valence-corrected chi connectivity index (χ1v) is 18.6. The van der Waals surface area contributed by atoms with Crippen molar-refractivity contribution in [2.45, 2.75) is 161 Å². The quantitative estimate of drug-likeness (QED) is 0.269. The van der Waals surface area contributed by atoms with E-state index in [1.54, 1.807) is 0 Å². The van der Waals surface area contributed by atoms with E-state index in [1.165, 1.54) is 13.8 Å². The zero-order valence-electron chi connectivity index (χ0n) is 26.8. The van der Waals surface area contributed by atoms with Crippen molar-refractivity contribution >= 4 is 20.3 Å². The highest BCUT2D eigenvalue weighted by Gasteiger charge is 2.76. The molecule has 0 N–H and O–H groups in total. The molecule has 10 atom stereocenters. The van der Waals surface area contributed by atoms with E-state index in [-0.39, 0.29) is 52.0 Å². The summed E-state index contributed by atoms with van der Waals surface area (Å²) >= 11 is 0. The van der Waals surface area contributed by atoms with Crippen LogP contribution in [0.2, 0.25) is 18.1 Å². The highest BCUT2D eigenvalue weighted by atomic mass is 28.4. The second-order valence-electron chi connectivity index (χ2n) is 16.2. The van der Waals surface area contributed by atoms with E-state index in [0.29, 0.717) is 18.3 Å². The summed E-state index contributed by atoms with van der Waals surface area (Å²) < 4.78 is 33.0. The Morgan fingerprint density at radius 1 is 0.875 bits per heavy atom. The first-order chi connectivity index (χ1) is 18.3. The van der Waals surface area contributed by atoms with Crippen LogP contribution >= 0.6 is 0 Å². The number of ether oxygens (including phenoxy) is 4. The van der Waals surface area contributed by atoms with Gasteiger partial charge in [-0.15, -0.1) is 0 Å². The minimum atomic E-state index is -1.94. The van der Waals surface area contributed by atoms with E-state index in [9.17, 15) is 9.59 Å². The molecule has 1 heterocycles. The maximum Gasteiger partial charge on any atom is 0.303 e. The van der Waals surface area contributed by atoms with Gasteiger partial charge in [0.25, 0.3) is 0 Å². The molecular weight excluding hydrogens is 524 g/mol. The number of hydrogen-bond acceptors (Lipinski definition) is 7. The van der Waals surface area contributed by atoms with E-state index < -0.39 is 25.8 Å². The van der Waals surface area contributed by atoms with Crippen LogP contribution in [0.25, 0.3) is 0 Å². The molecule has 4 saturated carbocycles. The molecule has 0 aromatic heterocycles. The summed E-state index contributed by atoms with van der Waals surface area (Å²) in [6.45, 7) is 23.4. The SMILES string of the molecule is CC(=O)OC1CC[C@]2(C)C3CC[C@]4(C)C(O[Si](C)(C)C(C)(C)C)CCC4C3C3OC(C)(C)OC3C2(OC(C)=O)C1. The van der Waals surface area contributed by atoms with Crippen molar-refractivity contribution in [2.75, 3.05) is 0 Å². The minimum Gasteiger partial charge on any atom is -0.462 e. The predicted octanol–water partition coefficient (Wildman–Crippen LogP) is 6.78. The highest BCUT2D eigenvalue weighted by Crippen LogP contribution is 2.71. The molecule has 0 spiro atoms. The molecule has 5 rings (SSSR count). The standard InChI is InChI=1S/C32H54O7Si/c1-19(33)35-21-14-17-31(9)23-15-16-30(8)22(12-13-24(30)39-40(10,11)28(3,4)5)25(23)26-27(38-29(6,7)37-26)32(31,18-21)36-20(2)34/h21-27H,12-18H2,1-11H3/t21?,22?,23?,24?,25?,26?,27?,30-,31+,32?/m0/s1. The Bertz CT molecular complexity index is 1030. The van der Waals surface area contributed by atoms with Crippen molar-refractivity contribution in [2.24, 2.45) is 28.6 Å². The lowest BCUT2D eigenvalue weighted by atomic mass is 9.42. The van der Waals surface area contributed by atoms with Crippen LogP contribution < -0.4 is 0 Å². The Balaban J connectivity index is 1.56. The van der Waals surface area contributed by atoms with Gasteiger partial charge in [-0.1, -0.05) is 34.6 Å². The molecule has 4 aliphatic carbocycles. The Kier molecular flexibility index (Phi) is 7.26. The van der Waals surface area contributed by atoms with Crippen LogP contribution in [-0.2, 0) is 33.0 Å². The minimum absolute atomic E-state index is 0.0735. The molecule has 5 aliphatic rings. The average molecular weight is 579 g/mol. The second-order valence-corrected chi connectivity index (χ2v) is 20.9. The van der Waals surface area contributed by atoms with Crippen molar-refractivity contribution in [1.29, 1.82) is 0 Å². The normalized spacial score (nSPS) is 46.0. The number of carbonyl (C=O) groups is 2. The van der Waals surface area contributed by atoms with Gasteiger partial charge >= 0.3 is 11.9 Å². The van der Waals surface area contributed by atoms with Gasteiger partial charge in [-0.2, -0.15) is 0 Å². The number of rotatable bonds is 4. The molecule has 1 saturated heterocycles. The van der Waals surface area contributed by atoms with Gasteiger partial charge in [0, 0.05) is 25.7 Å². The topological polar surface area (TPSA) is 80.3 Å². The van der Waals surface area contributed by atoms with Gasteiger partial charge < -0.3 is 23.4 Å². The molecule has 1 aliphatic heterocycles. The predicted molar refractivity (Wildman–Crippen MR) is 155 cm³/mol. The summed E-state index contributed by atoms with van der Waals surface area (Å²) in [7, 11) is -1.94. The van der Waals surface area contributed by atoms with Crippen LogP contribution in [0.15, 0.2) is 0 Å². The number of esters is 2. The van der Waals surface area contributed by atoms with Crippen molar-refractivity contribution in [3.63, 3.8) is 0 Å². The molecule has 0 aromatic carbocycles. The van der Waals surface area contributed by atoms with Crippen molar-refractivity contribution in [3.8, 4) is 0 Å². The van der Waals surface area contributed by atoms with E-state index >= 15 is 0 Å². The van der Waals surface area contributed by atoms with Crippen LogP contribution in [0.1, 0.15) is 107 Å². The number of hydrogen-bond donors (Lipinski definition) is 0. The van der Waals surface area contributed by atoms with E-state index in [0.717, 1.165) is 38.5 Å². The average Bonchev–Trinajstić information content (AvgIpc) is 3.29. The molecule has 0 aromatic rings. The van der Waals surface area contributed by atoms with Gasteiger partial charge in [-0.3, -0.25) is 9.59 Å². The molecule has 0 bridgehead atoms. The van der Waals surface area contributed by atoms with Gasteiger partial charge in [-0.25, -0.2) is 0 Å². The summed E-state index contributed by atoms with van der Waals surface area (Å²) in [6, 6.07) is 0. The van der Waals surface area contributed by atoms with Gasteiger partial charge in [0.1, 0.15) is 17.8 Å². The lowest BCUT2D eigenvalue weighted by Gasteiger charge is -2.67. The van der Waals surface area contributed by atoms with Crippen LogP contribution in [-0.4, -0.2) is 56.1 Å². The van der Waals surface area contributed by atoms with E-state index in [1.807, 2.05) is 13.8 Å². The zero-order valence-corrected chi connectivity index (χ0v) is 27.8. The molecule has 40 heavy (non-hydrogen) atoms. The third kappa shape index (κ3) is 4.53. The Morgan fingerprint density at radius 2 is 1.55 bits per heavy atom. The fraction of sp³-hybridized carbons (Fsp3) is 0.938. The first kappa shape index (κ1) is 30.5. The summed E-state index contributed by atoms with van der Waals surface area (Å²) in [5.41, 5.74) is -1.16. The molecule has 7 nitrogen and oxygen atoms in total. The van der Waals surface area contributed by atoms with Crippen LogP contribution in [0.3, 0.4) is 0 Å². The summed E-state index contributed by atoms with van der Waals surface area (Å²) in [5.74, 6) is -0.358. The van der Waals surface area contributed by atoms with Crippen LogP contribution in [0.5, 0.6) is 0 Å². The Morgan fingerprint density at radius 3 is 2.15 bits per heavy atom. The Labute approximate surface area is 242 Å². The molecular formula is C32H54O7Si. The highest BCUT2D eigenvalue weighted by molar-refractivity contribution is 6.74. The van der Waals surface area contributed by atoms with E-state index in [2.05, 4.69) is 47.7 Å². The van der Waals surface area contributed by atoms with Gasteiger partial charge in [0.15, 0.2) is 14.1 Å². The maximum atomic E-state index is 12.8. The van der Waals surface area contributed by atoms with Crippen molar-refractivity contribution in [1.82, 2.24) is 0 Å². The molecule has 0 radical (unpaired) electrons. The smallest absolute Gasteiger partial charge is 0.303 e. The van der Waals surface area contributed by atoms with E-state index in [4.69, 9.17) is 23.4 Å². The monoisotopic (exact) mass is 578 g/mol. The molecule has 228 valence electrons. The molecule has 8 heteroatoms. The molecule has 8 unspecified atom stereocenters. The maximum absolute atomic E-state index is 12.8. The largest absolute Gasteiger partial charge is 0.462 e. The fourth-order valence-corrected chi connectivity index (χ4v) is 11.1. The molecule has 0 amide bonds. The number of carbonyl (C=O) groups excluding carboxylic acids is 2. The number of fused-ring (bicyclic) bond motifs is 8. The third-order valence-corrected chi connectivity index (χ3v) is 16.9. The summed E-state index contributed by atoms with van der Waals surface area (Å²) in [6.07, 6.45) is 5.71. The van der Waals surface area contributed by atoms with Gasteiger partial charge in [0.2, 0.25) is 0 Å². The first-order valence-electron chi connectivity index (χ1n) is 15.7. The van der Waals surface area contributed by atoms with Crippen molar-refractivity contribution < 1.29 is 33.0 Å². The molecule has 5 fully saturated rings. The third-order valence-electron chi connectivity index (χ3n) is 12.4. The van der Waals surface area contributed by atoms with Crippen LogP contribution in [0.4, 0.5) is 0 Å². The summed E-state index contributed by atoms with van der Waals surface area (Å²) in [4.78, 5) is 24.8. The lowest BCUT2D eigenvalue weighted by Crippen LogP contribution is -2.74. The Hall–Kier alpha value is -0.963. The zero-order chi connectivity index (χ0) is 29.7.